The van der Waals surface area contributed by atoms with Gasteiger partial charge in [-0.2, -0.15) is 0 Å². The summed E-state index contributed by atoms with van der Waals surface area (Å²) in [7, 11) is 0. The standard InChI is InChI=1S/C34H30B2N2/c1-25-5-13-29(14-6-25)37(30-15-7-26(2)8-16-30)33-21-23-34(24-22-33)38(31-17-9-27(35-3)10-18-31)32-19-11-28(36-4)12-20-32/h5-24H,3-4H2,1-2H3. The molecule has 0 radical (unpaired) electrons. The zero-order valence-electron chi connectivity index (χ0n) is 22.0. The van der Waals surface area contributed by atoms with Crippen LogP contribution in [0.15, 0.2) is 121 Å². The SMILES string of the molecule is C=Bc1ccc(N(c2ccc(B=C)cc2)c2ccc(N(c3ccc(C)cc3)c3ccc(C)cc3)cc2)cc1. The van der Waals surface area contributed by atoms with Crippen molar-refractivity contribution in [2.45, 2.75) is 13.8 Å². The summed E-state index contributed by atoms with van der Waals surface area (Å²) in [5.41, 5.74) is 11.3. The first-order chi connectivity index (χ1) is 18.6. The molecule has 5 aromatic rings. The second-order valence-corrected chi connectivity index (χ2v) is 9.45. The second-order valence-electron chi connectivity index (χ2n) is 9.45. The number of hydrogen-bond donors (Lipinski definition) is 0. The molecule has 0 bridgehead atoms. The summed E-state index contributed by atoms with van der Waals surface area (Å²) in [6.07, 6.45) is 0. The third-order valence-electron chi connectivity index (χ3n) is 6.72. The van der Waals surface area contributed by atoms with Gasteiger partial charge in [0.15, 0.2) is 0 Å². The summed E-state index contributed by atoms with van der Waals surface area (Å²) in [6.45, 7) is 15.8. The third kappa shape index (κ3) is 5.45. The van der Waals surface area contributed by atoms with Crippen LogP contribution in [-0.4, -0.2) is 26.8 Å². The van der Waals surface area contributed by atoms with Gasteiger partial charge >= 0.3 is 179 Å². The van der Waals surface area contributed by atoms with Gasteiger partial charge in [0.25, 0.3) is 0 Å². The van der Waals surface area contributed by atoms with Gasteiger partial charge in [0, 0.05) is 0 Å². The molecule has 0 unspecified atom stereocenters. The molecule has 0 heterocycles. The van der Waals surface area contributed by atoms with Gasteiger partial charge in [-0.3, -0.25) is 0 Å². The Hall–Kier alpha value is -4.43. The number of nitrogens with zero attached hydrogens (tertiary/aromatic N) is 2. The van der Waals surface area contributed by atoms with E-state index in [0.717, 1.165) is 45.0 Å². The van der Waals surface area contributed by atoms with Gasteiger partial charge in [-0.1, -0.05) is 35.4 Å². The fourth-order valence-electron chi connectivity index (χ4n) is 4.55. The summed E-state index contributed by atoms with van der Waals surface area (Å²) >= 11 is 0. The second kappa shape index (κ2) is 11.3. The molecule has 0 saturated carbocycles. The van der Waals surface area contributed by atoms with E-state index < -0.39 is 0 Å². The average molecular weight is 488 g/mol. The maximum absolute atomic E-state index is 3.90. The summed E-state index contributed by atoms with van der Waals surface area (Å²) < 4.78 is 0. The van der Waals surface area contributed by atoms with Gasteiger partial charge in [0.05, 0.1) is 0 Å². The molecule has 5 aromatic carbocycles. The van der Waals surface area contributed by atoms with E-state index >= 15 is 0 Å². The number of benzene rings is 5. The molecule has 182 valence electrons. The van der Waals surface area contributed by atoms with Gasteiger partial charge in [-0.15, -0.1) is 0 Å². The normalized spacial score (nSPS) is 10.4. The van der Waals surface area contributed by atoms with Gasteiger partial charge < -0.3 is 0 Å². The fraction of sp³-hybridized carbons (Fsp3) is 0.0588. The number of hydrogen-bond acceptors (Lipinski definition) is 2. The van der Waals surface area contributed by atoms with Crippen molar-refractivity contribution < 1.29 is 0 Å². The Bertz CT molecular complexity index is 1420. The van der Waals surface area contributed by atoms with Gasteiger partial charge in [0.1, 0.15) is 0 Å². The van der Waals surface area contributed by atoms with Crippen LogP contribution >= 0.6 is 0 Å². The van der Waals surface area contributed by atoms with Crippen LogP contribution in [0, 0.1) is 13.8 Å². The van der Waals surface area contributed by atoms with Crippen molar-refractivity contribution >= 4 is 71.8 Å². The van der Waals surface area contributed by atoms with E-state index in [2.05, 4.69) is 158 Å². The van der Waals surface area contributed by atoms with Gasteiger partial charge in [0.2, 0.25) is 0 Å². The first-order valence-corrected chi connectivity index (χ1v) is 12.8. The summed E-state index contributed by atoms with van der Waals surface area (Å²) in [5, 5.41) is 0. The first kappa shape index (κ1) is 25.2. The zero-order valence-corrected chi connectivity index (χ0v) is 22.0. The van der Waals surface area contributed by atoms with Crippen molar-refractivity contribution in [3.05, 3.63) is 132 Å². The molecule has 0 spiro atoms. The number of rotatable bonds is 8. The van der Waals surface area contributed by atoms with E-state index in [1.54, 1.807) is 0 Å². The molecule has 0 aliphatic rings. The molecule has 2 nitrogen and oxygen atoms in total. The van der Waals surface area contributed by atoms with Crippen LogP contribution in [0.2, 0.25) is 0 Å². The van der Waals surface area contributed by atoms with Gasteiger partial charge in [-0.25, -0.2) is 0 Å². The van der Waals surface area contributed by atoms with Crippen molar-refractivity contribution in [2.75, 3.05) is 9.80 Å². The number of aryl methyl sites for hydroxylation is 2. The van der Waals surface area contributed by atoms with E-state index in [1.807, 2.05) is 13.8 Å². The Labute approximate surface area is 227 Å². The van der Waals surface area contributed by atoms with Crippen LogP contribution < -0.4 is 20.7 Å². The predicted octanol–water partition coefficient (Wildman–Crippen LogP) is 6.77. The van der Waals surface area contributed by atoms with Crippen LogP contribution in [-0.2, 0) is 0 Å². The molecule has 4 heteroatoms. The molecule has 5 rings (SSSR count). The number of anilines is 6. The van der Waals surface area contributed by atoms with Gasteiger partial charge in [-0.05, 0) is 13.8 Å². The van der Waals surface area contributed by atoms with E-state index in [4.69, 9.17) is 0 Å². The molecule has 0 aromatic heterocycles. The summed E-state index contributed by atoms with van der Waals surface area (Å²) in [4.78, 5) is 4.57. The van der Waals surface area contributed by atoms with Crippen molar-refractivity contribution in [2.24, 2.45) is 0 Å². The fourth-order valence-corrected chi connectivity index (χ4v) is 4.55. The van der Waals surface area contributed by atoms with Crippen LogP contribution in [0.3, 0.4) is 0 Å². The van der Waals surface area contributed by atoms with Crippen LogP contribution in [0.25, 0.3) is 0 Å². The molecular formula is C34H30B2N2. The molecule has 0 atom stereocenters. The van der Waals surface area contributed by atoms with E-state index in [9.17, 15) is 0 Å². The van der Waals surface area contributed by atoms with Crippen molar-refractivity contribution in [1.82, 2.24) is 0 Å². The Morgan fingerprint density at radius 2 is 0.579 bits per heavy atom. The molecule has 0 fully saturated rings. The quantitative estimate of drug-likeness (QED) is 0.223. The Morgan fingerprint density at radius 3 is 0.816 bits per heavy atom. The van der Waals surface area contributed by atoms with Crippen molar-refractivity contribution in [3.63, 3.8) is 0 Å². The van der Waals surface area contributed by atoms with E-state index in [0.29, 0.717) is 0 Å². The van der Waals surface area contributed by atoms with E-state index in [-0.39, 0.29) is 0 Å². The molecule has 0 N–H and O–H groups in total. The van der Waals surface area contributed by atoms with Crippen LogP contribution in [0.5, 0.6) is 0 Å². The van der Waals surface area contributed by atoms with Crippen LogP contribution in [0.4, 0.5) is 34.1 Å². The molecule has 0 saturated heterocycles. The molecular weight excluding hydrogens is 458 g/mol. The molecule has 0 aliphatic heterocycles. The summed E-state index contributed by atoms with van der Waals surface area (Å²) in [5.74, 6) is 0. The van der Waals surface area contributed by atoms with Crippen molar-refractivity contribution in [3.8, 4) is 0 Å². The minimum atomic E-state index is 1.08. The Balaban J connectivity index is 1.57. The average Bonchev–Trinajstić information content (AvgIpc) is 2.97. The zero-order chi connectivity index (χ0) is 26.5. The third-order valence-corrected chi connectivity index (χ3v) is 6.72. The monoisotopic (exact) mass is 488 g/mol. The van der Waals surface area contributed by atoms with Crippen LogP contribution in [0.1, 0.15) is 11.1 Å². The summed E-state index contributed by atoms with van der Waals surface area (Å²) in [6, 6.07) is 43.0. The molecule has 38 heavy (non-hydrogen) atoms. The maximum atomic E-state index is 3.90. The first-order valence-electron chi connectivity index (χ1n) is 12.8. The minimum absolute atomic E-state index is 1.08. The predicted molar refractivity (Wildman–Crippen MR) is 170 cm³/mol. The van der Waals surface area contributed by atoms with Crippen molar-refractivity contribution in [1.29, 1.82) is 0 Å². The Kier molecular flexibility index (Phi) is 7.51. The molecule has 0 amide bonds. The molecule has 0 aliphatic carbocycles. The van der Waals surface area contributed by atoms with E-state index in [1.165, 1.54) is 11.1 Å². The Morgan fingerprint density at radius 1 is 0.368 bits per heavy atom. The topological polar surface area (TPSA) is 6.48 Å².